The van der Waals surface area contributed by atoms with Crippen LogP contribution in [0.4, 0.5) is 32.8 Å². The van der Waals surface area contributed by atoms with Crippen molar-refractivity contribution in [3.8, 4) is 5.88 Å². The van der Waals surface area contributed by atoms with E-state index in [1.165, 1.54) is 48.9 Å². The minimum atomic E-state index is -4.69. The van der Waals surface area contributed by atoms with Crippen molar-refractivity contribution in [1.29, 1.82) is 0 Å². The molecule has 0 radical (unpaired) electrons. The third-order valence-electron chi connectivity index (χ3n) is 17.1. The lowest BCUT2D eigenvalue weighted by Gasteiger charge is -2.56. The number of carbonyl (C=O) groups excluding carboxylic acids is 1. The number of methoxy groups -OCH3 is 1. The topological polar surface area (TPSA) is 184 Å². The predicted octanol–water partition coefficient (Wildman–Crippen LogP) is 9.70. The number of nitrogens with zero attached hydrogens (tertiary/aromatic N) is 5. The number of nitro benzene ring substituents is 1. The number of pyridine rings is 1. The number of aromatic amines is 1. The zero-order chi connectivity index (χ0) is 50.2. The number of likely N-dealkylation sites (tertiary alicyclic amines) is 1. The fourth-order valence-corrected chi connectivity index (χ4v) is 13.6. The van der Waals surface area contributed by atoms with Gasteiger partial charge in [-0.1, -0.05) is 38.1 Å². The number of alkyl halides is 1. The van der Waals surface area contributed by atoms with E-state index in [-0.39, 0.29) is 48.7 Å². The number of ether oxygens (including phenoxy) is 3. The number of nitrogens with one attached hydrogen (secondary N) is 3. The zero-order valence-electron chi connectivity index (χ0n) is 41.5. The number of amides is 1. The van der Waals surface area contributed by atoms with Crippen LogP contribution >= 0.6 is 0 Å². The largest absolute Gasteiger partial charge is 0.468 e. The fraction of sp³-hybridized carbons (Fsp3) is 0.519. The highest BCUT2D eigenvalue weighted by atomic mass is 32.2. The van der Waals surface area contributed by atoms with Crippen LogP contribution in [0.25, 0.3) is 11.0 Å². The first-order chi connectivity index (χ1) is 34.5. The molecular formula is C54H65FN8O8S. The summed E-state index contributed by atoms with van der Waals surface area (Å²) >= 11 is 0. The van der Waals surface area contributed by atoms with E-state index in [2.05, 4.69) is 62.9 Å². The summed E-state index contributed by atoms with van der Waals surface area (Å²) in [4.78, 5) is 40.9. The Morgan fingerprint density at radius 2 is 1.76 bits per heavy atom. The summed E-state index contributed by atoms with van der Waals surface area (Å²) in [5.41, 5.74) is 3.20. The van der Waals surface area contributed by atoms with Crippen molar-refractivity contribution in [3.05, 3.63) is 106 Å². The molecule has 1 amide bonds. The molecule has 1 spiro atoms. The van der Waals surface area contributed by atoms with E-state index in [0.29, 0.717) is 60.4 Å². The monoisotopic (exact) mass is 1000 g/mol. The number of sulfonamides is 1. The van der Waals surface area contributed by atoms with E-state index < -0.39 is 48.8 Å². The Hall–Kier alpha value is -5.82. The number of anilines is 4. The molecule has 3 N–H and O–H groups in total. The van der Waals surface area contributed by atoms with E-state index in [4.69, 9.17) is 19.2 Å². The summed E-state index contributed by atoms with van der Waals surface area (Å²) in [5.74, 6) is -0.0899. The number of aromatic nitrogens is 2. The summed E-state index contributed by atoms with van der Waals surface area (Å²) in [5, 5.41) is 16.1. The number of halogens is 1. The smallest absolute Gasteiger partial charge is 0.293 e. The van der Waals surface area contributed by atoms with Gasteiger partial charge in [0.15, 0.2) is 0 Å². The Kier molecular flexibility index (Phi) is 12.5. The lowest BCUT2D eigenvalue weighted by atomic mass is 9.59. The van der Waals surface area contributed by atoms with Crippen LogP contribution in [0.5, 0.6) is 5.88 Å². The number of benzene rings is 3. The van der Waals surface area contributed by atoms with E-state index in [1.54, 1.807) is 19.4 Å². The van der Waals surface area contributed by atoms with Crippen LogP contribution in [0.1, 0.15) is 118 Å². The highest BCUT2D eigenvalue weighted by Crippen LogP contribution is 2.55. The lowest BCUT2D eigenvalue weighted by Crippen LogP contribution is -2.55. The normalized spacial score (nSPS) is 26.3. The molecule has 11 rings (SSSR count). The van der Waals surface area contributed by atoms with Crippen LogP contribution in [0.3, 0.4) is 0 Å². The van der Waals surface area contributed by atoms with Crippen LogP contribution in [-0.4, -0.2) is 110 Å². The summed E-state index contributed by atoms with van der Waals surface area (Å²) in [6.07, 6.45) is 9.60. The van der Waals surface area contributed by atoms with Crippen LogP contribution < -0.4 is 24.6 Å². The lowest BCUT2D eigenvalue weighted by molar-refractivity contribution is -0.384. The van der Waals surface area contributed by atoms with E-state index >= 15 is 4.39 Å². The molecule has 4 aliphatic heterocycles. The highest BCUT2D eigenvalue weighted by Gasteiger charge is 2.51. The SMILES string of the molecule is CO[C@]1(C)CC[C@](F)(CNc2ccc(S(=O)(=O)NC(=O)c3ccc(N4CCC5(CC4)CC(N4CCC[C@H]4c4ccccc4C(C)C)C5)cc3N3c4cc5cc[nH]c5nc4O[C@@H]4COC[C@H]43)cc2[N+](=O)[O-])CC1. The van der Waals surface area contributed by atoms with Gasteiger partial charge in [-0.2, -0.15) is 4.98 Å². The molecule has 5 fully saturated rings. The molecule has 2 aliphatic carbocycles. The van der Waals surface area contributed by atoms with Crippen molar-refractivity contribution >= 4 is 55.4 Å². The van der Waals surface area contributed by atoms with Crippen molar-refractivity contribution < 1.29 is 36.7 Å². The maximum Gasteiger partial charge on any atom is 0.293 e. The average molecular weight is 1010 g/mol. The highest BCUT2D eigenvalue weighted by molar-refractivity contribution is 7.90. The van der Waals surface area contributed by atoms with E-state index in [1.807, 2.05) is 36.1 Å². The molecule has 0 bridgehead atoms. The molecular weight excluding hydrogens is 940 g/mol. The zero-order valence-corrected chi connectivity index (χ0v) is 42.3. The first kappa shape index (κ1) is 48.4. The standard InChI is InChI=1S/C54H65FN8O8S/c1-34(2)39-8-5-6-9-40(39)43-10-7-23-61(43)37-29-53(30-37)20-24-60(25-21-53)36-11-13-41(44(27-36)62-46-26-35-15-22-56-49(35)58-51(46)71-48-32-70-31-47(48)62)50(64)59-72(67,68)38-12-14-42(45(28-38)63(65)66)57-33-54(55)18-16-52(3,69-4)17-19-54/h5-6,8-9,11-15,22,26-28,34,37,43,47-48,57H,7,10,16-21,23-25,29-33H2,1-4H3,(H,56,58)(H,59,64)/t43-,47+,48+,52-,54-/m0/s1. The molecule has 3 atom stereocenters. The third-order valence-corrected chi connectivity index (χ3v) is 18.4. The summed E-state index contributed by atoms with van der Waals surface area (Å²) in [6.45, 7) is 9.68. The molecule has 16 nitrogen and oxygen atoms in total. The number of hydrogen-bond donors (Lipinski definition) is 3. The Morgan fingerprint density at radius 3 is 2.51 bits per heavy atom. The number of carbonyl (C=O) groups is 1. The molecule has 72 heavy (non-hydrogen) atoms. The Balaban J connectivity index is 0.853. The van der Waals surface area contributed by atoms with Crippen molar-refractivity contribution in [3.63, 3.8) is 0 Å². The number of nitro groups is 1. The molecule has 6 heterocycles. The summed E-state index contributed by atoms with van der Waals surface area (Å²) in [6, 6.07) is 22.3. The van der Waals surface area contributed by atoms with Gasteiger partial charge in [0, 0.05) is 62.2 Å². The van der Waals surface area contributed by atoms with Crippen LogP contribution in [0.15, 0.2) is 83.9 Å². The van der Waals surface area contributed by atoms with E-state index in [0.717, 1.165) is 49.6 Å². The second-order valence-corrected chi connectivity index (χ2v) is 23.5. The molecule has 3 saturated heterocycles. The first-order valence-electron chi connectivity index (χ1n) is 25.6. The second-order valence-electron chi connectivity index (χ2n) is 21.8. The number of H-pyrrole nitrogens is 1. The average Bonchev–Trinajstić information content (AvgIpc) is 4.16. The van der Waals surface area contributed by atoms with Gasteiger partial charge in [-0.15, -0.1) is 0 Å². The molecule has 5 aromatic rings. The quantitative estimate of drug-likeness (QED) is 0.0749. The van der Waals surface area contributed by atoms with Gasteiger partial charge in [-0.3, -0.25) is 19.8 Å². The van der Waals surface area contributed by atoms with E-state index in [9.17, 15) is 23.3 Å². The minimum Gasteiger partial charge on any atom is -0.468 e. The van der Waals surface area contributed by atoms with Crippen LogP contribution in [-0.2, 0) is 19.5 Å². The van der Waals surface area contributed by atoms with Gasteiger partial charge in [0.25, 0.3) is 21.6 Å². The Bertz CT molecular complexity index is 3000. The number of fused-ring (bicyclic) bond motifs is 3. The van der Waals surface area contributed by atoms with Crippen molar-refractivity contribution in [2.24, 2.45) is 5.41 Å². The summed E-state index contributed by atoms with van der Waals surface area (Å²) in [7, 11) is -3.08. The maximum atomic E-state index is 15.9. The Labute approximate surface area is 420 Å². The first-order valence-corrected chi connectivity index (χ1v) is 27.1. The minimum absolute atomic E-state index is 0.0334. The van der Waals surface area contributed by atoms with Crippen molar-refractivity contribution in [2.75, 3.05) is 61.6 Å². The van der Waals surface area contributed by atoms with Gasteiger partial charge in [0.1, 0.15) is 28.8 Å². The number of rotatable bonds is 13. The molecule has 3 aromatic carbocycles. The molecule has 0 unspecified atom stereocenters. The number of piperidine rings is 1. The van der Waals surface area contributed by atoms with Crippen LogP contribution in [0.2, 0.25) is 0 Å². The predicted molar refractivity (Wildman–Crippen MR) is 274 cm³/mol. The van der Waals surface area contributed by atoms with Crippen molar-refractivity contribution in [1.82, 2.24) is 19.6 Å². The van der Waals surface area contributed by atoms with Gasteiger partial charge in [0.2, 0.25) is 5.88 Å². The Morgan fingerprint density at radius 1 is 0.986 bits per heavy atom. The van der Waals surface area contributed by atoms with Crippen LogP contribution in [0, 0.1) is 15.5 Å². The molecule has 2 saturated carbocycles. The van der Waals surface area contributed by atoms with Gasteiger partial charge in [-0.25, -0.2) is 17.5 Å². The second kappa shape index (κ2) is 18.6. The molecule has 18 heteroatoms. The van der Waals surface area contributed by atoms with Crippen molar-refractivity contribution in [2.45, 2.75) is 131 Å². The maximum absolute atomic E-state index is 15.9. The van der Waals surface area contributed by atoms with Gasteiger partial charge in [0.05, 0.1) is 45.9 Å². The van der Waals surface area contributed by atoms with Gasteiger partial charge >= 0.3 is 0 Å². The molecule has 2 aromatic heterocycles. The summed E-state index contributed by atoms with van der Waals surface area (Å²) < 4.78 is 64.4. The third kappa shape index (κ3) is 8.95. The molecule has 382 valence electrons. The number of hydrogen-bond acceptors (Lipinski definition) is 13. The molecule has 6 aliphatic rings. The van der Waals surface area contributed by atoms with Gasteiger partial charge < -0.3 is 34.3 Å². The van der Waals surface area contributed by atoms with Gasteiger partial charge in [-0.05, 0) is 143 Å². The fourth-order valence-electron chi connectivity index (χ4n) is 12.6.